The van der Waals surface area contributed by atoms with Crippen LogP contribution < -0.4 is 0 Å². The fraction of sp³-hybridized carbons (Fsp3) is 0.450. The van der Waals surface area contributed by atoms with E-state index in [0.29, 0.717) is 57.2 Å². The normalized spacial score (nSPS) is 15.8. The Labute approximate surface area is 171 Å². The monoisotopic (exact) mass is 418 g/mol. The predicted octanol–water partition coefficient (Wildman–Crippen LogP) is 2.10. The molecule has 0 radical (unpaired) electrons. The minimum atomic E-state index is -3.50. The zero-order chi connectivity index (χ0) is 20.7. The van der Waals surface area contributed by atoms with Gasteiger partial charge in [-0.2, -0.15) is 9.29 Å². The summed E-state index contributed by atoms with van der Waals surface area (Å²) in [5.41, 5.74) is 0.831. The number of aromatic nitrogens is 2. The van der Waals surface area contributed by atoms with Crippen molar-refractivity contribution < 1.29 is 17.7 Å². The van der Waals surface area contributed by atoms with Crippen molar-refractivity contribution in [3.05, 3.63) is 53.0 Å². The number of rotatable bonds is 8. The summed E-state index contributed by atoms with van der Waals surface area (Å²) in [6.07, 6.45) is 3.88. The number of carbonyl (C=O) groups is 1. The molecule has 1 aliphatic heterocycles. The van der Waals surface area contributed by atoms with Crippen LogP contribution in [0.2, 0.25) is 0 Å². The van der Waals surface area contributed by atoms with Crippen LogP contribution >= 0.6 is 0 Å². The Bertz CT molecular complexity index is 932. The second-order valence-electron chi connectivity index (χ2n) is 6.85. The van der Waals surface area contributed by atoms with E-state index in [1.165, 1.54) is 9.71 Å². The predicted molar refractivity (Wildman–Crippen MR) is 109 cm³/mol. The van der Waals surface area contributed by atoms with Crippen LogP contribution in [0.1, 0.15) is 37.0 Å². The first kappa shape index (κ1) is 21.2. The van der Waals surface area contributed by atoms with Crippen molar-refractivity contribution in [3.8, 4) is 0 Å². The molecule has 0 N–H and O–H groups in total. The highest BCUT2D eigenvalue weighted by Crippen LogP contribution is 2.13. The van der Waals surface area contributed by atoms with Gasteiger partial charge >= 0.3 is 0 Å². The molecule has 156 valence electrons. The van der Waals surface area contributed by atoms with Crippen LogP contribution in [-0.4, -0.2) is 59.8 Å². The van der Waals surface area contributed by atoms with Gasteiger partial charge < -0.3 is 9.42 Å². The quantitative estimate of drug-likeness (QED) is 0.651. The van der Waals surface area contributed by atoms with Crippen molar-refractivity contribution in [1.29, 1.82) is 0 Å². The lowest BCUT2D eigenvalue weighted by Gasteiger charge is -2.33. The number of carbonyl (C=O) groups excluding carboxylic acids is 1. The second kappa shape index (κ2) is 9.80. The summed E-state index contributed by atoms with van der Waals surface area (Å²) in [5, 5.41) is 5.07. The molecule has 0 unspecified atom stereocenters. The van der Waals surface area contributed by atoms with Gasteiger partial charge in [0.15, 0.2) is 5.82 Å². The molecule has 8 nitrogen and oxygen atoms in total. The molecule has 1 aromatic carbocycles. The summed E-state index contributed by atoms with van der Waals surface area (Å²) < 4.78 is 31.5. The maximum absolute atomic E-state index is 12.5. The van der Waals surface area contributed by atoms with Gasteiger partial charge in [-0.05, 0) is 18.1 Å². The molecule has 0 spiro atoms. The standard InChI is InChI=1S/C20H26N4O4S/c1-2-18-21-19(28-22-18)9-6-10-20(25)23-12-14-24(15-13-23)29(26,27)16-11-17-7-4-3-5-8-17/h3-5,7-8,11,16H,2,6,9-10,12-15H2,1H3/b16-11+. The summed E-state index contributed by atoms with van der Waals surface area (Å²) in [5.74, 6) is 1.25. The molecule has 1 amide bonds. The lowest BCUT2D eigenvalue weighted by Crippen LogP contribution is -2.50. The van der Waals surface area contributed by atoms with Gasteiger partial charge in [-0.15, -0.1) is 0 Å². The van der Waals surface area contributed by atoms with Crippen LogP contribution in [0.3, 0.4) is 0 Å². The van der Waals surface area contributed by atoms with Crippen LogP contribution in [0.15, 0.2) is 40.3 Å². The Kier molecular flexibility index (Phi) is 7.16. The average molecular weight is 419 g/mol. The van der Waals surface area contributed by atoms with E-state index in [1.807, 2.05) is 37.3 Å². The molecule has 0 saturated carbocycles. The molecule has 1 aliphatic rings. The maximum Gasteiger partial charge on any atom is 0.236 e. The topological polar surface area (TPSA) is 96.6 Å². The lowest BCUT2D eigenvalue weighted by atomic mass is 10.2. The molecule has 3 rings (SSSR count). The number of aryl methyl sites for hydroxylation is 2. The Morgan fingerprint density at radius 1 is 1.17 bits per heavy atom. The van der Waals surface area contributed by atoms with Crippen molar-refractivity contribution >= 4 is 22.0 Å². The number of nitrogens with zero attached hydrogens (tertiary/aromatic N) is 4. The summed E-state index contributed by atoms with van der Waals surface area (Å²) in [4.78, 5) is 18.3. The zero-order valence-corrected chi connectivity index (χ0v) is 17.3. The molecule has 1 fully saturated rings. The van der Waals surface area contributed by atoms with Gasteiger partial charge in [0.25, 0.3) is 0 Å². The SMILES string of the molecule is CCc1noc(CCCC(=O)N2CCN(S(=O)(=O)/C=C/c3ccccc3)CC2)n1. The van der Waals surface area contributed by atoms with Gasteiger partial charge in [0.05, 0.1) is 0 Å². The molecule has 1 aromatic heterocycles. The number of piperazine rings is 1. The zero-order valence-electron chi connectivity index (χ0n) is 16.5. The van der Waals surface area contributed by atoms with Gasteiger partial charge in [0.2, 0.25) is 21.8 Å². The minimum absolute atomic E-state index is 0.0251. The lowest BCUT2D eigenvalue weighted by molar-refractivity contribution is -0.132. The van der Waals surface area contributed by atoms with Crippen molar-refractivity contribution in [2.45, 2.75) is 32.6 Å². The van der Waals surface area contributed by atoms with Gasteiger partial charge in [-0.3, -0.25) is 4.79 Å². The number of sulfonamides is 1. The van der Waals surface area contributed by atoms with E-state index in [9.17, 15) is 13.2 Å². The first-order chi connectivity index (χ1) is 14.0. The highest BCUT2D eigenvalue weighted by atomic mass is 32.2. The third-order valence-electron chi connectivity index (χ3n) is 4.79. The first-order valence-electron chi connectivity index (χ1n) is 9.80. The van der Waals surface area contributed by atoms with Crippen LogP contribution in [0, 0.1) is 0 Å². The largest absolute Gasteiger partial charge is 0.340 e. The molecule has 9 heteroatoms. The molecule has 0 aliphatic carbocycles. The summed E-state index contributed by atoms with van der Waals surface area (Å²) >= 11 is 0. The number of amides is 1. The van der Waals surface area contributed by atoms with Crippen molar-refractivity contribution in [1.82, 2.24) is 19.3 Å². The van der Waals surface area contributed by atoms with Gasteiger partial charge in [0, 0.05) is 50.8 Å². The number of hydrogen-bond acceptors (Lipinski definition) is 6. The molecular weight excluding hydrogens is 392 g/mol. The van der Waals surface area contributed by atoms with E-state index >= 15 is 0 Å². The Morgan fingerprint density at radius 2 is 1.90 bits per heavy atom. The maximum atomic E-state index is 12.5. The summed E-state index contributed by atoms with van der Waals surface area (Å²) in [6, 6.07) is 9.29. The first-order valence-corrected chi connectivity index (χ1v) is 11.3. The van der Waals surface area contributed by atoms with E-state index < -0.39 is 10.0 Å². The molecule has 2 heterocycles. The number of benzene rings is 1. The van der Waals surface area contributed by atoms with E-state index in [-0.39, 0.29) is 5.91 Å². The molecule has 0 bridgehead atoms. The van der Waals surface area contributed by atoms with Crippen LogP contribution in [0.5, 0.6) is 0 Å². The van der Waals surface area contributed by atoms with E-state index in [2.05, 4.69) is 10.1 Å². The highest BCUT2D eigenvalue weighted by Gasteiger charge is 2.27. The fourth-order valence-electron chi connectivity index (χ4n) is 3.09. The molecule has 0 atom stereocenters. The molecule has 2 aromatic rings. The number of hydrogen-bond donors (Lipinski definition) is 0. The third kappa shape index (κ3) is 5.98. The minimum Gasteiger partial charge on any atom is -0.340 e. The Hall–Kier alpha value is -2.52. The molecular formula is C20H26N4O4S. The van der Waals surface area contributed by atoms with Crippen LogP contribution in [0.25, 0.3) is 6.08 Å². The van der Waals surface area contributed by atoms with E-state index in [0.717, 1.165) is 12.0 Å². The molecule has 1 saturated heterocycles. The van der Waals surface area contributed by atoms with Crippen LogP contribution in [-0.2, 0) is 27.7 Å². The highest BCUT2D eigenvalue weighted by molar-refractivity contribution is 7.92. The van der Waals surface area contributed by atoms with Gasteiger partial charge in [0.1, 0.15) is 0 Å². The summed E-state index contributed by atoms with van der Waals surface area (Å²) in [7, 11) is -3.50. The Balaban J connectivity index is 1.44. The second-order valence-corrected chi connectivity index (χ2v) is 8.67. The molecule has 29 heavy (non-hydrogen) atoms. The van der Waals surface area contributed by atoms with Crippen molar-refractivity contribution in [3.63, 3.8) is 0 Å². The Morgan fingerprint density at radius 3 is 2.55 bits per heavy atom. The average Bonchev–Trinajstić information content (AvgIpc) is 3.21. The van der Waals surface area contributed by atoms with E-state index in [1.54, 1.807) is 11.0 Å². The third-order valence-corrected chi connectivity index (χ3v) is 6.36. The van der Waals surface area contributed by atoms with Gasteiger partial charge in [-0.25, -0.2) is 8.42 Å². The summed E-state index contributed by atoms with van der Waals surface area (Å²) in [6.45, 7) is 3.36. The fourth-order valence-corrected chi connectivity index (χ4v) is 4.26. The van der Waals surface area contributed by atoms with Gasteiger partial charge in [-0.1, -0.05) is 42.4 Å². The smallest absolute Gasteiger partial charge is 0.236 e. The van der Waals surface area contributed by atoms with Crippen LogP contribution in [0.4, 0.5) is 0 Å². The van der Waals surface area contributed by atoms with E-state index in [4.69, 9.17) is 4.52 Å². The van der Waals surface area contributed by atoms with Crippen molar-refractivity contribution in [2.24, 2.45) is 0 Å². The van der Waals surface area contributed by atoms with Crippen molar-refractivity contribution in [2.75, 3.05) is 26.2 Å².